The smallest absolute Gasteiger partial charge is 0.0441 e. The molecule has 1 atom stereocenters. The molecule has 0 amide bonds. The van der Waals surface area contributed by atoms with Crippen LogP contribution in [0.5, 0.6) is 0 Å². The van der Waals surface area contributed by atoms with Gasteiger partial charge in [0.15, 0.2) is 0 Å². The van der Waals surface area contributed by atoms with E-state index in [0.29, 0.717) is 12.1 Å². The van der Waals surface area contributed by atoms with E-state index in [1.54, 1.807) is 0 Å². The van der Waals surface area contributed by atoms with Crippen molar-refractivity contribution in [3.05, 3.63) is 29.8 Å². The summed E-state index contributed by atoms with van der Waals surface area (Å²) in [5.74, 6) is 2.52. The highest BCUT2D eigenvalue weighted by atomic mass is 32.2. The summed E-state index contributed by atoms with van der Waals surface area (Å²) in [4.78, 5) is 5.17. The van der Waals surface area contributed by atoms with Gasteiger partial charge in [-0.15, -0.1) is 0 Å². The highest BCUT2D eigenvalue weighted by Crippen LogP contribution is 2.32. The molecule has 1 aromatic rings. The van der Waals surface area contributed by atoms with Crippen molar-refractivity contribution in [2.24, 2.45) is 0 Å². The minimum Gasteiger partial charge on any atom is -0.372 e. The molecule has 110 valence electrons. The third-order valence-electron chi connectivity index (χ3n) is 4.58. The number of rotatable bonds is 3. The topological polar surface area (TPSA) is 6.48 Å². The summed E-state index contributed by atoms with van der Waals surface area (Å²) in [7, 11) is 0. The molecule has 0 bridgehead atoms. The molecular weight excluding hydrogens is 264 g/mol. The summed E-state index contributed by atoms with van der Waals surface area (Å²) >= 11 is 2.10. The van der Waals surface area contributed by atoms with Gasteiger partial charge in [-0.2, -0.15) is 11.8 Å². The molecule has 20 heavy (non-hydrogen) atoms. The van der Waals surface area contributed by atoms with Crippen molar-refractivity contribution in [1.29, 1.82) is 0 Å². The fourth-order valence-corrected chi connectivity index (χ4v) is 4.52. The van der Waals surface area contributed by atoms with E-state index < -0.39 is 0 Å². The number of hydrogen-bond acceptors (Lipinski definition) is 3. The molecule has 2 aliphatic heterocycles. The molecule has 3 rings (SSSR count). The lowest BCUT2D eigenvalue weighted by atomic mass is 10.0. The standard InChI is InChI=1S/C17H26N2S/c1-14(2)19-11-12-20-13-17(19)15-5-7-16(8-6-15)18-9-3-4-10-18/h5-8,14,17H,3-4,9-13H2,1-2H3. The van der Waals surface area contributed by atoms with Crippen LogP contribution in [-0.4, -0.2) is 42.1 Å². The minimum atomic E-state index is 0.598. The highest BCUT2D eigenvalue weighted by molar-refractivity contribution is 7.99. The molecule has 1 unspecified atom stereocenters. The first kappa shape index (κ1) is 14.3. The quantitative estimate of drug-likeness (QED) is 0.836. The Kier molecular flexibility index (Phi) is 4.57. The van der Waals surface area contributed by atoms with Gasteiger partial charge in [0.2, 0.25) is 0 Å². The monoisotopic (exact) mass is 290 g/mol. The average molecular weight is 290 g/mol. The van der Waals surface area contributed by atoms with E-state index in [-0.39, 0.29) is 0 Å². The highest BCUT2D eigenvalue weighted by Gasteiger charge is 2.26. The molecule has 0 N–H and O–H groups in total. The van der Waals surface area contributed by atoms with Crippen LogP contribution in [0.15, 0.2) is 24.3 Å². The lowest BCUT2D eigenvalue weighted by molar-refractivity contribution is 0.174. The van der Waals surface area contributed by atoms with Gasteiger partial charge in [-0.1, -0.05) is 12.1 Å². The maximum atomic E-state index is 2.65. The van der Waals surface area contributed by atoms with Crippen LogP contribution in [-0.2, 0) is 0 Å². The zero-order valence-electron chi connectivity index (χ0n) is 12.7. The van der Waals surface area contributed by atoms with Crippen molar-refractivity contribution >= 4 is 17.4 Å². The van der Waals surface area contributed by atoms with Crippen molar-refractivity contribution in [2.45, 2.75) is 38.8 Å². The van der Waals surface area contributed by atoms with E-state index in [2.05, 4.69) is 59.7 Å². The van der Waals surface area contributed by atoms with Crippen LogP contribution in [0, 0.1) is 0 Å². The Morgan fingerprint density at radius 3 is 2.40 bits per heavy atom. The second-order valence-corrected chi connectivity index (χ2v) is 7.36. The third kappa shape index (κ3) is 2.99. The van der Waals surface area contributed by atoms with Crippen LogP contribution in [0.4, 0.5) is 5.69 Å². The predicted octanol–water partition coefficient (Wildman–Crippen LogP) is 3.79. The van der Waals surface area contributed by atoms with Crippen molar-refractivity contribution in [1.82, 2.24) is 4.90 Å². The van der Waals surface area contributed by atoms with Crippen molar-refractivity contribution in [3.63, 3.8) is 0 Å². The van der Waals surface area contributed by atoms with Gasteiger partial charge in [0, 0.05) is 48.9 Å². The Labute approximate surface area is 127 Å². The van der Waals surface area contributed by atoms with Gasteiger partial charge in [-0.05, 0) is 44.4 Å². The molecule has 3 heteroatoms. The molecule has 2 heterocycles. The zero-order chi connectivity index (χ0) is 13.9. The first-order valence-corrected chi connectivity index (χ1v) is 9.09. The zero-order valence-corrected chi connectivity index (χ0v) is 13.5. The van der Waals surface area contributed by atoms with Crippen molar-refractivity contribution in [2.75, 3.05) is 36.0 Å². The summed E-state index contributed by atoms with van der Waals surface area (Å²) < 4.78 is 0. The van der Waals surface area contributed by atoms with Crippen LogP contribution in [0.1, 0.15) is 38.3 Å². The van der Waals surface area contributed by atoms with Gasteiger partial charge in [-0.3, -0.25) is 4.90 Å². The molecule has 0 spiro atoms. The predicted molar refractivity (Wildman–Crippen MR) is 89.8 cm³/mol. The van der Waals surface area contributed by atoms with E-state index in [9.17, 15) is 0 Å². The number of nitrogens with zero attached hydrogens (tertiary/aromatic N) is 2. The number of anilines is 1. The maximum absolute atomic E-state index is 2.65. The lowest BCUT2D eigenvalue weighted by Crippen LogP contribution is -2.40. The van der Waals surface area contributed by atoms with Crippen LogP contribution >= 0.6 is 11.8 Å². The fourth-order valence-electron chi connectivity index (χ4n) is 3.40. The Hall–Kier alpha value is -0.670. The summed E-state index contributed by atoms with van der Waals surface area (Å²) in [6.07, 6.45) is 2.70. The first-order valence-electron chi connectivity index (χ1n) is 7.94. The molecule has 0 saturated carbocycles. The van der Waals surface area contributed by atoms with Crippen molar-refractivity contribution in [3.8, 4) is 0 Å². The van der Waals surface area contributed by atoms with E-state index in [1.807, 2.05) is 0 Å². The second kappa shape index (κ2) is 6.40. The Bertz CT molecular complexity index is 423. The van der Waals surface area contributed by atoms with Gasteiger partial charge in [0.05, 0.1) is 0 Å². The molecule has 1 aromatic carbocycles. The van der Waals surface area contributed by atoms with E-state index in [0.717, 1.165) is 0 Å². The first-order chi connectivity index (χ1) is 9.75. The van der Waals surface area contributed by atoms with Gasteiger partial charge < -0.3 is 4.90 Å². The van der Waals surface area contributed by atoms with E-state index in [4.69, 9.17) is 0 Å². The number of thioether (sulfide) groups is 1. The normalized spacial score (nSPS) is 24.6. The molecular formula is C17H26N2S. The second-order valence-electron chi connectivity index (χ2n) is 6.21. The molecule has 2 fully saturated rings. The van der Waals surface area contributed by atoms with E-state index >= 15 is 0 Å². The van der Waals surface area contributed by atoms with Gasteiger partial charge in [0.1, 0.15) is 0 Å². The summed E-state index contributed by atoms with van der Waals surface area (Å²) in [5.41, 5.74) is 2.90. The van der Waals surface area contributed by atoms with Crippen LogP contribution in [0.3, 0.4) is 0 Å². The largest absolute Gasteiger partial charge is 0.372 e. The van der Waals surface area contributed by atoms with Gasteiger partial charge in [0.25, 0.3) is 0 Å². The Morgan fingerprint density at radius 2 is 1.75 bits per heavy atom. The Morgan fingerprint density at radius 1 is 1.05 bits per heavy atom. The minimum absolute atomic E-state index is 0.598. The molecule has 0 aromatic heterocycles. The van der Waals surface area contributed by atoms with Crippen LogP contribution in [0.25, 0.3) is 0 Å². The van der Waals surface area contributed by atoms with Gasteiger partial charge >= 0.3 is 0 Å². The number of benzene rings is 1. The maximum Gasteiger partial charge on any atom is 0.0441 e. The SMILES string of the molecule is CC(C)N1CCSCC1c1ccc(N2CCCC2)cc1. The summed E-state index contributed by atoms with van der Waals surface area (Å²) in [6.45, 7) is 8.33. The number of hydrogen-bond donors (Lipinski definition) is 0. The summed E-state index contributed by atoms with van der Waals surface area (Å²) in [6, 6.07) is 10.6. The lowest BCUT2D eigenvalue weighted by Gasteiger charge is -2.38. The molecule has 0 aliphatic carbocycles. The van der Waals surface area contributed by atoms with Crippen molar-refractivity contribution < 1.29 is 0 Å². The van der Waals surface area contributed by atoms with Gasteiger partial charge in [-0.25, -0.2) is 0 Å². The Balaban J connectivity index is 1.75. The molecule has 2 nitrogen and oxygen atoms in total. The third-order valence-corrected chi connectivity index (χ3v) is 5.60. The summed E-state index contributed by atoms with van der Waals surface area (Å²) in [5, 5.41) is 0. The van der Waals surface area contributed by atoms with E-state index in [1.165, 1.54) is 55.2 Å². The fraction of sp³-hybridized carbons (Fsp3) is 0.647. The average Bonchev–Trinajstić information content (AvgIpc) is 3.02. The van der Waals surface area contributed by atoms with Crippen LogP contribution < -0.4 is 4.90 Å². The molecule has 2 aliphatic rings. The van der Waals surface area contributed by atoms with Crippen LogP contribution in [0.2, 0.25) is 0 Å². The molecule has 2 saturated heterocycles. The molecule has 0 radical (unpaired) electrons.